The van der Waals surface area contributed by atoms with E-state index in [1.807, 2.05) is 60.7 Å². The van der Waals surface area contributed by atoms with Crippen LogP contribution in [-0.2, 0) is 14.6 Å². The Balaban J connectivity index is 1.74. The fourth-order valence-corrected chi connectivity index (χ4v) is 4.73. The summed E-state index contributed by atoms with van der Waals surface area (Å²) >= 11 is 5.99. The second-order valence-electron chi connectivity index (χ2n) is 6.32. The van der Waals surface area contributed by atoms with Crippen LogP contribution in [0.15, 0.2) is 89.8 Å². The topological polar surface area (TPSA) is 63.2 Å². The summed E-state index contributed by atoms with van der Waals surface area (Å²) in [5.74, 6) is -0.646. The van der Waals surface area contributed by atoms with Crippen molar-refractivity contribution in [2.75, 3.05) is 5.75 Å². The summed E-state index contributed by atoms with van der Waals surface area (Å²) in [6.45, 7) is 0. The van der Waals surface area contributed by atoms with Gasteiger partial charge in [0.1, 0.15) is 0 Å². The van der Waals surface area contributed by atoms with E-state index in [0.717, 1.165) is 11.1 Å². The molecule has 1 N–H and O–H groups in total. The molecule has 6 heteroatoms. The van der Waals surface area contributed by atoms with Gasteiger partial charge in [-0.15, -0.1) is 0 Å². The van der Waals surface area contributed by atoms with Crippen molar-refractivity contribution in [2.45, 2.75) is 17.4 Å². The van der Waals surface area contributed by atoms with Crippen LogP contribution in [0, 0.1) is 0 Å². The lowest BCUT2D eigenvalue weighted by Gasteiger charge is -2.20. The highest BCUT2D eigenvalue weighted by molar-refractivity contribution is 7.91. The van der Waals surface area contributed by atoms with Crippen molar-refractivity contribution in [1.82, 2.24) is 5.32 Å². The lowest BCUT2D eigenvalue weighted by Crippen LogP contribution is -2.30. The summed E-state index contributed by atoms with van der Waals surface area (Å²) in [5, 5.41) is 3.11. The molecule has 3 aromatic rings. The molecule has 3 aromatic carbocycles. The first-order valence-corrected chi connectivity index (χ1v) is 10.9. The molecular formula is C22H20ClNO3S. The number of rotatable bonds is 7. The molecular weight excluding hydrogens is 394 g/mol. The van der Waals surface area contributed by atoms with Crippen LogP contribution in [0.3, 0.4) is 0 Å². The third-order valence-electron chi connectivity index (χ3n) is 4.34. The number of hydrogen-bond donors (Lipinski definition) is 1. The number of benzene rings is 3. The quantitative estimate of drug-likeness (QED) is 0.624. The molecule has 0 aliphatic rings. The average molecular weight is 414 g/mol. The third kappa shape index (κ3) is 5.00. The molecule has 0 fully saturated rings. The van der Waals surface area contributed by atoms with E-state index in [9.17, 15) is 13.2 Å². The maximum absolute atomic E-state index is 12.6. The van der Waals surface area contributed by atoms with Gasteiger partial charge in [-0.25, -0.2) is 8.42 Å². The average Bonchev–Trinajstić information content (AvgIpc) is 2.72. The second kappa shape index (κ2) is 9.04. The van der Waals surface area contributed by atoms with E-state index in [2.05, 4.69) is 5.32 Å². The molecule has 0 unspecified atom stereocenters. The lowest BCUT2D eigenvalue weighted by atomic mass is 9.98. The molecule has 0 saturated carbocycles. The van der Waals surface area contributed by atoms with Gasteiger partial charge in [0.2, 0.25) is 5.91 Å². The number of carbonyl (C=O) groups is 1. The molecule has 144 valence electrons. The molecule has 28 heavy (non-hydrogen) atoms. The van der Waals surface area contributed by atoms with E-state index < -0.39 is 9.84 Å². The van der Waals surface area contributed by atoms with E-state index in [-0.39, 0.29) is 34.0 Å². The molecule has 0 atom stereocenters. The Hall–Kier alpha value is -2.63. The van der Waals surface area contributed by atoms with E-state index in [4.69, 9.17) is 11.6 Å². The summed E-state index contributed by atoms with van der Waals surface area (Å²) in [6.07, 6.45) is -0.149. The molecule has 0 saturated heterocycles. The van der Waals surface area contributed by atoms with Gasteiger partial charge in [-0.3, -0.25) is 4.79 Å². The minimum Gasteiger partial charge on any atom is -0.345 e. The first kappa shape index (κ1) is 20.1. The van der Waals surface area contributed by atoms with E-state index >= 15 is 0 Å². The number of sulfone groups is 1. The molecule has 0 aliphatic carbocycles. The van der Waals surface area contributed by atoms with Crippen LogP contribution in [0.4, 0.5) is 0 Å². The van der Waals surface area contributed by atoms with E-state index in [0.29, 0.717) is 0 Å². The Morgan fingerprint density at radius 1 is 0.821 bits per heavy atom. The minimum absolute atomic E-state index is 0.0483. The Kier molecular flexibility index (Phi) is 6.49. The molecule has 0 aliphatic heterocycles. The van der Waals surface area contributed by atoms with Crippen molar-refractivity contribution in [3.63, 3.8) is 0 Å². The minimum atomic E-state index is -3.64. The summed E-state index contributed by atoms with van der Waals surface area (Å²) < 4.78 is 25.0. The van der Waals surface area contributed by atoms with Gasteiger partial charge in [0, 0.05) is 6.42 Å². The molecule has 0 aromatic heterocycles. The van der Waals surface area contributed by atoms with Gasteiger partial charge in [-0.2, -0.15) is 0 Å². The van der Waals surface area contributed by atoms with Gasteiger partial charge < -0.3 is 5.32 Å². The predicted molar refractivity (Wildman–Crippen MR) is 111 cm³/mol. The van der Waals surface area contributed by atoms with Gasteiger partial charge in [0.05, 0.1) is 21.7 Å². The summed E-state index contributed by atoms with van der Waals surface area (Å²) in [7, 11) is -3.64. The van der Waals surface area contributed by atoms with Crippen LogP contribution in [0.1, 0.15) is 23.6 Å². The van der Waals surface area contributed by atoms with Crippen molar-refractivity contribution in [2.24, 2.45) is 0 Å². The SMILES string of the molecule is O=C(CCS(=O)(=O)c1ccccc1Cl)NC(c1ccccc1)c1ccccc1. The summed E-state index contributed by atoms with van der Waals surface area (Å²) in [4.78, 5) is 12.6. The maximum Gasteiger partial charge on any atom is 0.221 e. The highest BCUT2D eigenvalue weighted by Crippen LogP contribution is 2.24. The number of hydrogen-bond acceptors (Lipinski definition) is 3. The first-order valence-electron chi connectivity index (χ1n) is 8.84. The Morgan fingerprint density at radius 2 is 1.32 bits per heavy atom. The van der Waals surface area contributed by atoms with Crippen LogP contribution < -0.4 is 5.32 Å². The zero-order valence-electron chi connectivity index (χ0n) is 15.1. The number of halogens is 1. The Morgan fingerprint density at radius 3 is 1.86 bits per heavy atom. The van der Waals surface area contributed by atoms with Crippen LogP contribution in [-0.4, -0.2) is 20.1 Å². The van der Waals surface area contributed by atoms with E-state index in [1.165, 1.54) is 12.1 Å². The molecule has 0 heterocycles. The molecule has 4 nitrogen and oxygen atoms in total. The smallest absolute Gasteiger partial charge is 0.221 e. The maximum atomic E-state index is 12.6. The predicted octanol–water partition coefficient (Wildman–Crippen LogP) is 4.41. The van der Waals surface area contributed by atoms with Crippen molar-refractivity contribution in [3.05, 3.63) is 101 Å². The lowest BCUT2D eigenvalue weighted by molar-refractivity contribution is -0.121. The van der Waals surface area contributed by atoms with E-state index in [1.54, 1.807) is 12.1 Å². The largest absolute Gasteiger partial charge is 0.345 e. The normalized spacial score (nSPS) is 11.4. The molecule has 0 bridgehead atoms. The van der Waals surface area contributed by atoms with Crippen molar-refractivity contribution < 1.29 is 13.2 Å². The summed E-state index contributed by atoms with van der Waals surface area (Å²) in [6, 6.07) is 25.0. The third-order valence-corrected chi connectivity index (χ3v) is 6.55. The fraction of sp³-hybridized carbons (Fsp3) is 0.136. The van der Waals surface area contributed by atoms with Crippen molar-refractivity contribution in [3.8, 4) is 0 Å². The van der Waals surface area contributed by atoms with Gasteiger partial charge in [-0.05, 0) is 23.3 Å². The summed E-state index contributed by atoms with van der Waals surface area (Å²) in [5.41, 5.74) is 1.85. The van der Waals surface area contributed by atoms with Crippen LogP contribution in [0.2, 0.25) is 5.02 Å². The van der Waals surface area contributed by atoms with Crippen LogP contribution in [0.25, 0.3) is 0 Å². The molecule has 1 amide bonds. The van der Waals surface area contributed by atoms with Gasteiger partial charge in [-0.1, -0.05) is 84.4 Å². The zero-order valence-corrected chi connectivity index (χ0v) is 16.7. The van der Waals surface area contributed by atoms with Gasteiger partial charge in [0.25, 0.3) is 0 Å². The fourth-order valence-electron chi connectivity index (χ4n) is 2.92. The molecule has 0 radical (unpaired) electrons. The first-order chi connectivity index (χ1) is 13.5. The van der Waals surface area contributed by atoms with Gasteiger partial charge >= 0.3 is 0 Å². The van der Waals surface area contributed by atoms with Crippen LogP contribution >= 0.6 is 11.6 Å². The number of carbonyl (C=O) groups excluding carboxylic acids is 1. The van der Waals surface area contributed by atoms with Crippen LogP contribution in [0.5, 0.6) is 0 Å². The second-order valence-corrected chi connectivity index (χ2v) is 8.81. The van der Waals surface area contributed by atoms with Crippen molar-refractivity contribution in [1.29, 1.82) is 0 Å². The standard InChI is InChI=1S/C22H20ClNO3S/c23-19-13-7-8-14-20(19)28(26,27)16-15-21(25)24-22(17-9-3-1-4-10-17)18-11-5-2-6-12-18/h1-14,22H,15-16H2,(H,24,25). The monoisotopic (exact) mass is 413 g/mol. The Labute approximate surface area is 170 Å². The number of nitrogens with one attached hydrogen (secondary N) is 1. The number of amides is 1. The van der Waals surface area contributed by atoms with Gasteiger partial charge in [0.15, 0.2) is 9.84 Å². The molecule has 3 rings (SSSR count). The highest BCUT2D eigenvalue weighted by atomic mass is 35.5. The zero-order chi connectivity index (χ0) is 20.0. The molecule has 0 spiro atoms. The Bertz CT molecular complexity index is 998. The highest BCUT2D eigenvalue weighted by Gasteiger charge is 2.21. The van der Waals surface area contributed by atoms with Crippen molar-refractivity contribution >= 4 is 27.3 Å².